The van der Waals surface area contributed by atoms with E-state index in [-0.39, 0.29) is 6.04 Å². The smallest absolute Gasteiger partial charge is 0.211 e. The van der Waals surface area contributed by atoms with Crippen molar-refractivity contribution >= 4 is 6.08 Å². The third-order valence-corrected chi connectivity index (χ3v) is 2.63. The highest BCUT2D eigenvalue weighted by Gasteiger charge is 2.24. The molecule has 0 aromatic heterocycles. The second-order valence-corrected chi connectivity index (χ2v) is 3.68. The fourth-order valence-corrected chi connectivity index (χ4v) is 1.75. The van der Waals surface area contributed by atoms with Crippen LogP contribution in [0.2, 0.25) is 0 Å². The molecule has 0 N–H and O–H groups in total. The maximum atomic E-state index is 10.0. The first-order valence-electron chi connectivity index (χ1n) is 4.31. The molecule has 11 heavy (non-hydrogen) atoms. The van der Waals surface area contributed by atoms with Crippen molar-refractivity contribution in [2.45, 2.75) is 39.2 Å². The minimum Gasteiger partial charge on any atom is -0.211 e. The molecule has 0 bridgehead atoms. The molecule has 1 fully saturated rings. The summed E-state index contributed by atoms with van der Waals surface area (Å²) in [4.78, 5) is 13.8. The van der Waals surface area contributed by atoms with Crippen LogP contribution in [0.15, 0.2) is 4.99 Å². The van der Waals surface area contributed by atoms with Crippen LogP contribution in [-0.4, -0.2) is 12.1 Å². The Kier molecular flexibility index (Phi) is 2.84. The molecule has 0 aromatic carbocycles. The fraction of sp³-hybridized carbons (Fsp3) is 0.889. The van der Waals surface area contributed by atoms with Gasteiger partial charge in [-0.2, -0.15) is 0 Å². The monoisotopic (exact) mass is 153 g/mol. The van der Waals surface area contributed by atoms with Crippen molar-refractivity contribution in [1.29, 1.82) is 0 Å². The van der Waals surface area contributed by atoms with Gasteiger partial charge in [0.1, 0.15) is 0 Å². The SMILES string of the molecule is CC1CCC(C)C(N=C=O)C1. The van der Waals surface area contributed by atoms with Gasteiger partial charge in [-0.1, -0.05) is 20.3 Å². The highest BCUT2D eigenvalue weighted by Crippen LogP contribution is 2.29. The summed E-state index contributed by atoms with van der Waals surface area (Å²) in [6.45, 7) is 4.39. The third kappa shape index (κ3) is 2.16. The molecular weight excluding hydrogens is 138 g/mol. The normalized spacial score (nSPS) is 37.8. The highest BCUT2D eigenvalue weighted by atomic mass is 16.1. The van der Waals surface area contributed by atoms with Crippen LogP contribution in [0.4, 0.5) is 0 Å². The summed E-state index contributed by atoms with van der Waals surface area (Å²) in [6, 6.07) is 0.247. The van der Waals surface area contributed by atoms with Gasteiger partial charge in [-0.25, -0.2) is 9.79 Å². The Morgan fingerprint density at radius 3 is 2.73 bits per heavy atom. The van der Waals surface area contributed by atoms with E-state index in [1.807, 2.05) is 0 Å². The molecule has 1 aliphatic carbocycles. The van der Waals surface area contributed by atoms with Crippen molar-refractivity contribution < 1.29 is 4.79 Å². The van der Waals surface area contributed by atoms with E-state index in [2.05, 4.69) is 18.8 Å². The molecule has 2 nitrogen and oxygen atoms in total. The number of carbonyl (C=O) groups excluding carboxylic acids is 1. The van der Waals surface area contributed by atoms with E-state index in [4.69, 9.17) is 0 Å². The molecule has 0 amide bonds. The molecule has 0 radical (unpaired) electrons. The minimum absolute atomic E-state index is 0.247. The van der Waals surface area contributed by atoms with Gasteiger partial charge >= 0.3 is 0 Å². The van der Waals surface area contributed by atoms with Gasteiger partial charge in [-0.3, -0.25) is 0 Å². The van der Waals surface area contributed by atoms with E-state index in [1.165, 1.54) is 12.8 Å². The summed E-state index contributed by atoms with van der Waals surface area (Å²) in [5.74, 6) is 1.31. The number of isocyanates is 1. The van der Waals surface area contributed by atoms with E-state index < -0.39 is 0 Å². The summed E-state index contributed by atoms with van der Waals surface area (Å²) < 4.78 is 0. The number of rotatable bonds is 1. The van der Waals surface area contributed by atoms with Crippen molar-refractivity contribution in [3.63, 3.8) is 0 Å². The Morgan fingerprint density at radius 2 is 2.09 bits per heavy atom. The van der Waals surface area contributed by atoms with E-state index in [0.29, 0.717) is 5.92 Å². The van der Waals surface area contributed by atoms with Crippen molar-refractivity contribution in [3.8, 4) is 0 Å². The maximum absolute atomic E-state index is 10.0. The summed E-state index contributed by atoms with van der Waals surface area (Å²) >= 11 is 0. The lowest BCUT2D eigenvalue weighted by Crippen LogP contribution is -2.24. The summed E-state index contributed by atoms with van der Waals surface area (Å²) in [6.07, 6.45) is 5.22. The third-order valence-electron chi connectivity index (χ3n) is 2.63. The van der Waals surface area contributed by atoms with Crippen LogP contribution >= 0.6 is 0 Å². The molecule has 3 atom stereocenters. The van der Waals surface area contributed by atoms with E-state index in [1.54, 1.807) is 6.08 Å². The summed E-state index contributed by atoms with van der Waals surface area (Å²) in [5.41, 5.74) is 0. The average molecular weight is 153 g/mol. The fourth-order valence-electron chi connectivity index (χ4n) is 1.75. The first-order valence-corrected chi connectivity index (χ1v) is 4.31. The second kappa shape index (κ2) is 3.68. The molecule has 0 spiro atoms. The summed E-state index contributed by atoms with van der Waals surface area (Å²) in [7, 11) is 0. The largest absolute Gasteiger partial charge is 0.235 e. The van der Waals surface area contributed by atoms with E-state index >= 15 is 0 Å². The lowest BCUT2D eigenvalue weighted by molar-refractivity contribution is 0.267. The zero-order chi connectivity index (χ0) is 8.27. The molecule has 2 heteroatoms. The van der Waals surface area contributed by atoms with Crippen molar-refractivity contribution in [1.82, 2.24) is 0 Å². The Balaban J connectivity index is 2.53. The first kappa shape index (κ1) is 8.48. The van der Waals surface area contributed by atoms with Crippen LogP contribution in [0.25, 0.3) is 0 Å². The minimum atomic E-state index is 0.247. The van der Waals surface area contributed by atoms with Gasteiger partial charge in [-0.05, 0) is 24.7 Å². The lowest BCUT2D eigenvalue weighted by Gasteiger charge is -2.28. The van der Waals surface area contributed by atoms with Crippen LogP contribution in [0.5, 0.6) is 0 Å². The van der Waals surface area contributed by atoms with Crippen LogP contribution < -0.4 is 0 Å². The Morgan fingerprint density at radius 1 is 1.36 bits per heavy atom. The second-order valence-electron chi connectivity index (χ2n) is 3.68. The summed E-state index contributed by atoms with van der Waals surface area (Å²) in [5, 5.41) is 0. The van der Waals surface area contributed by atoms with Gasteiger partial charge in [0, 0.05) is 0 Å². The van der Waals surface area contributed by atoms with Gasteiger partial charge in [0.2, 0.25) is 6.08 Å². The van der Waals surface area contributed by atoms with Gasteiger partial charge in [0.15, 0.2) is 0 Å². The van der Waals surface area contributed by atoms with Crippen LogP contribution in [0.1, 0.15) is 33.1 Å². The molecule has 0 aliphatic heterocycles. The van der Waals surface area contributed by atoms with Crippen LogP contribution in [0.3, 0.4) is 0 Å². The lowest BCUT2D eigenvalue weighted by atomic mass is 9.80. The van der Waals surface area contributed by atoms with E-state index in [0.717, 1.165) is 12.3 Å². The van der Waals surface area contributed by atoms with Crippen LogP contribution in [0, 0.1) is 11.8 Å². The molecule has 1 rings (SSSR count). The maximum Gasteiger partial charge on any atom is 0.235 e. The predicted molar refractivity (Wildman–Crippen MR) is 44.1 cm³/mol. The van der Waals surface area contributed by atoms with E-state index in [9.17, 15) is 4.79 Å². The van der Waals surface area contributed by atoms with Crippen molar-refractivity contribution in [2.75, 3.05) is 0 Å². The molecule has 1 saturated carbocycles. The number of nitrogens with zero attached hydrogens (tertiary/aromatic N) is 1. The predicted octanol–water partition coefficient (Wildman–Crippen LogP) is 2.15. The van der Waals surface area contributed by atoms with Crippen molar-refractivity contribution in [2.24, 2.45) is 16.8 Å². The average Bonchev–Trinajstić information content (AvgIpc) is 1.98. The van der Waals surface area contributed by atoms with Gasteiger partial charge in [0.05, 0.1) is 6.04 Å². The topological polar surface area (TPSA) is 29.4 Å². The van der Waals surface area contributed by atoms with Gasteiger partial charge < -0.3 is 0 Å². The molecule has 0 saturated heterocycles. The highest BCUT2D eigenvalue weighted by molar-refractivity contribution is 5.33. The van der Waals surface area contributed by atoms with Gasteiger partial charge in [-0.15, -0.1) is 0 Å². The Labute approximate surface area is 67.7 Å². The number of hydrogen-bond donors (Lipinski definition) is 0. The first-order chi connectivity index (χ1) is 5.24. The molecular formula is C9H15NO. The Bertz CT molecular complexity index is 172. The molecule has 0 aromatic rings. The zero-order valence-corrected chi connectivity index (χ0v) is 7.21. The Hall–Kier alpha value is -0.620. The molecule has 1 aliphatic rings. The molecule has 3 unspecified atom stereocenters. The van der Waals surface area contributed by atoms with Gasteiger partial charge in [0.25, 0.3) is 0 Å². The number of hydrogen-bond acceptors (Lipinski definition) is 2. The standard InChI is InChI=1S/C9H15NO/c1-7-3-4-8(2)9(5-7)10-6-11/h7-9H,3-5H2,1-2H3. The molecule has 62 valence electrons. The van der Waals surface area contributed by atoms with Crippen molar-refractivity contribution in [3.05, 3.63) is 0 Å². The van der Waals surface area contributed by atoms with Crippen LogP contribution in [-0.2, 0) is 4.79 Å². The zero-order valence-electron chi connectivity index (χ0n) is 7.21. The number of aliphatic imine (C=N–C) groups is 1. The quantitative estimate of drug-likeness (QED) is 0.419. The molecule has 0 heterocycles.